The van der Waals surface area contributed by atoms with Gasteiger partial charge in [-0.05, 0) is 61.1 Å². The molecule has 26 heavy (non-hydrogen) atoms. The summed E-state index contributed by atoms with van der Waals surface area (Å²) in [4.78, 5) is 17.8. The first-order valence-electron chi connectivity index (χ1n) is 8.75. The van der Waals surface area contributed by atoms with Crippen molar-refractivity contribution in [2.45, 2.75) is 38.6 Å². The van der Waals surface area contributed by atoms with E-state index in [1.54, 1.807) is 6.92 Å². The number of amides is 1. The summed E-state index contributed by atoms with van der Waals surface area (Å²) in [6, 6.07) is 6.26. The Bertz CT molecular complexity index is 960. The van der Waals surface area contributed by atoms with Gasteiger partial charge in [-0.3, -0.25) is 4.79 Å². The van der Waals surface area contributed by atoms with Gasteiger partial charge in [-0.2, -0.15) is 0 Å². The zero-order valence-electron chi connectivity index (χ0n) is 14.4. The van der Waals surface area contributed by atoms with Crippen molar-refractivity contribution >= 4 is 55.9 Å². The summed E-state index contributed by atoms with van der Waals surface area (Å²) in [6.07, 6.45) is 5.09. The van der Waals surface area contributed by atoms with E-state index in [-0.39, 0.29) is 11.9 Å². The largest absolute Gasteiger partial charge is 0.356 e. The van der Waals surface area contributed by atoms with E-state index in [1.165, 1.54) is 16.5 Å². The molecule has 0 fully saturated rings. The highest BCUT2D eigenvalue weighted by atomic mass is 79.9. The van der Waals surface area contributed by atoms with Crippen molar-refractivity contribution in [3.63, 3.8) is 0 Å². The smallest absolute Gasteiger partial charge is 0.220 e. The van der Waals surface area contributed by atoms with E-state index in [0.717, 1.165) is 58.0 Å². The zero-order chi connectivity index (χ0) is 18.4. The fourth-order valence-corrected chi connectivity index (χ4v) is 4.99. The van der Waals surface area contributed by atoms with Crippen LogP contribution in [0.3, 0.4) is 0 Å². The lowest BCUT2D eigenvalue weighted by molar-refractivity contribution is -0.131. The molecule has 6 heteroatoms. The van der Waals surface area contributed by atoms with Crippen molar-refractivity contribution in [3.05, 3.63) is 55.6 Å². The molecule has 2 heterocycles. The molecular formula is C20H19BrCl2N2O. The molecule has 0 saturated heterocycles. The van der Waals surface area contributed by atoms with Crippen LogP contribution in [0, 0.1) is 0 Å². The molecule has 0 saturated carbocycles. The van der Waals surface area contributed by atoms with Gasteiger partial charge in [0.25, 0.3) is 0 Å². The van der Waals surface area contributed by atoms with E-state index in [0.29, 0.717) is 0 Å². The number of hydrogen-bond acceptors (Lipinski definition) is 1. The Labute approximate surface area is 171 Å². The molecule has 1 N–H and O–H groups in total. The molecule has 1 aliphatic carbocycles. The third kappa shape index (κ3) is 3.23. The van der Waals surface area contributed by atoms with Crippen LogP contribution in [0.25, 0.3) is 10.9 Å². The molecule has 136 valence electrons. The Hall–Kier alpha value is -1.23. The number of fused-ring (bicyclic) bond motifs is 3. The minimum absolute atomic E-state index is 0.0172. The van der Waals surface area contributed by atoms with Gasteiger partial charge in [0.2, 0.25) is 5.91 Å². The number of halogens is 3. The van der Waals surface area contributed by atoms with Gasteiger partial charge in [-0.15, -0.1) is 0 Å². The maximum absolute atomic E-state index is 12.3. The second-order valence-corrected chi connectivity index (χ2v) is 8.74. The van der Waals surface area contributed by atoms with E-state index in [1.807, 2.05) is 17.0 Å². The van der Waals surface area contributed by atoms with E-state index in [9.17, 15) is 4.79 Å². The number of carbonyl (C=O) groups excluding carboxylic acids is 1. The molecule has 1 atom stereocenters. The van der Waals surface area contributed by atoms with Crippen LogP contribution in [0.1, 0.15) is 43.5 Å². The number of benzene rings is 1. The van der Waals surface area contributed by atoms with Gasteiger partial charge in [0, 0.05) is 44.6 Å². The highest BCUT2D eigenvalue weighted by Crippen LogP contribution is 2.41. The van der Waals surface area contributed by atoms with Gasteiger partial charge < -0.3 is 9.88 Å². The first-order chi connectivity index (χ1) is 12.4. The van der Waals surface area contributed by atoms with E-state index in [4.69, 9.17) is 23.2 Å². The number of nitrogens with zero attached hydrogens (tertiary/aromatic N) is 1. The minimum atomic E-state index is -0.0172. The number of aromatic amines is 1. The quantitative estimate of drug-likeness (QED) is 0.579. The fraction of sp³-hybridized carbons (Fsp3) is 0.350. The van der Waals surface area contributed by atoms with Crippen LogP contribution < -0.4 is 0 Å². The van der Waals surface area contributed by atoms with E-state index in [2.05, 4.69) is 33.0 Å². The number of nitrogens with one attached hydrogen (secondary N) is 1. The summed E-state index contributed by atoms with van der Waals surface area (Å²) in [5.74, 6) is 0.0987. The van der Waals surface area contributed by atoms with Crippen LogP contribution in [0.15, 0.2) is 44.4 Å². The topological polar surface area (TPSA) is 36.1 Å². The average Bonchev–Trinajstić information content (AvgIpc) is 2.95. The Morgan fingerprint density at radius 2 is 2.12 bits per heavy atom. The molecule has 1 unspecified atom stereocenters. The predicted molar refractivity (Wildman–Crippen MR) is 110 cm³/mol. The zero-order valence-corrected chi connectivity index (χ0v) is 17.5. The van der Waals surface area contributed by atoms with Gasteiger partial charge in [-0.25, -0.2) is 0 Å². The van der Waals surface area contributed by atoms with Gasteiger partial charge in [-0.1, -0.05) is 39.1 Å². The lowest BCUT2D eigenvalue weighted by atomic mass is 9.90. The minimum Gasteiger partial charge on any atom is -0.356 e. The molecule has 1 aliphatic heterocycles. The van der Waals surface area contributed by atoms with Crippen molar-refractivity contribution in [1.82, 2.24) is 9.88 Å². The van der Waals surface area contributed by atoms with Crippen molar-refractivity contribution in [1.29, 1.82) is 0 Å². The van der Waals surface area contributed by atoms with Gasteiger partial charge in [0.15, 0.2) is 0 Å². The second-order valence-electron chi connectivity index (χ2n) is 6.93. The van der Waals surface area contributed by atoms with Gasteiger partial charge in [0.1, 0.15) is 0 Å². The van der Waals surface area contributed by atoms with Crippen LogP contribution in [0.2, 0.25) is 0 Å². The van der Waals surface area contributed by atoms with Crippen LogP contribution in [-0.2, 0) is 11.2 Å². The van der Waals surface area contributed by atoms with E-state index < -0.39 is 0 Å². The molecular weight excluding hydrogens is 435 g/mol. The summed E-state index contributed by atoms with van der Waals surface area (Å²) >= 11 is 16.1. The van der Waals surface area contributed by atoms with Crippen LogP contribution in [0.5, 0.6) is 0 Å². The summed E-state index contributed by atoms with van der Waals surface area (Å²) < 4.78 is 1.06. The van der Waals surface area contributed by atoms with Gasteiger partial charge in [0.05, 0.1) is 6.04 Å². The Morgan fingerprint density at radius 1 is 1.31 bits per heavy atom. The van der Waals surface area contributed by atoms with E-state index >= 15 is 0 Å². The Kier molecular flexibility index (Phi) is 4.93. The monoisotopic (exact) mass is 452 g/mol. The molecule has 1 aromatic heterocycles. The van der Waals surface area contributed by atoms with Crippen molar-refractivity contribution < 1.29 is 4.79 Å². The summed E-state index contributed by atoms with van der Waals surface area (Å²) in [6.45, 7) is 2.37. The molecule has 3 nitrogen and oxygen atoms in total. The SMILES string of the molecule is CC(=O)N1CCc2c([nH]c3ccc(Br)cc23)C1CC1=C(Cl)C=C(Cl)CC1. The summed E-state index contributed by atoms with van der Waals surface area (Å²) in [7, 11) is 0. The molecule has 1 amide bonds. The van der Waals surface area contributed by atoms with Crippen molar-refractivity contribution in [2.24, 2.45) is 0 Å². The normalized spacial score (nSPS) is 20.4. The fourth-order valence-electron chi connectivity index (χ4n) is 4.06. The molecule has 2 aliphatic rings. The standard InChI is InChI=1S/C20H19BrCl2N2O/c1-11(26)25-7-6-15-16-9-13(21)3-5-18(16)24-20(15)19(25)8-12-2-4-14(22)10-17(12)23/h3,5,9-10,19,24H,2,4,6-8H2,1H3. The first kappa shape index (κ1) is 18.1. The van der Waals surface area contributed by atoms with Gasteiger partial charge >= 0.3 is 0 Å². The third-order valence-corrected chi connectivity index (χ3v) is 6.51. The van der Waals surface area contributed by atoms with Crippen LogP contribution in [-0.4, -0.2) is 22.3 Å². The summed E-state index contributed by atoms with van der Waals surface area (Å²) in [5.41, 5.74) is 4.72. The highest BCUT2D eigenvalue weighted by molar-refractivity contribution is 9.10. The number of aromatic nitrogens is 1. The lowest BCUT2D eigenvalue weighted by Crippen LogP contribution is -2.39. The number of hydrogen-bond donors (Lipinski definition) is 1. The molecule has 4 rings (SSSR count). The number of H-pyrrole nitrogens is 1. The Balaban J connectivity index is 1.79. The maximum Gasteiger partial charge on any atom is 0.220 e. The van der Waals surface area contributed by atoms with Crippen LogP contribution >= 0.6 is 39.1 Å². The van der Waals surface area contributed by atoms with Crippen molar-refractivity contribution in [3.8, 4) is 0 Å². The van der Waals surface area contributed by atoms with Crippen molar-refractivity contribution in [2.75, 3.05) is 6.54 Å². The third-order valence-electron chi connectivity index (χ3n) is 5.34. The Morgan fingerprint density at radius 3 is 2.85 bits per heavy atom. The second kappa shape index (κ2) is 7.06. The average molecular weight is 454 g/mol. The number of rotatable bonds is 2. The molecule has 1 aromatic carbocycles. The number of allylic oxidation sites excluding steroid dienone is 3. The molecule has 2 aromatic rings. The predicted octanol–water partition coefficient (Wildman–Crippen LogP) is 6.18. The first-order valence-corrected chi connectivity index (χ1v) is 10.3. The lowest BCUT2D eigenvalue weighted by Gasteiger charge is -2.36. The molecule has 0 radical (unpaired) electrons. The summed E-state index contributed by atoms with van der Waals surface area (Å²) in [5, 5.41) is 2.74. The number of carbonyl (C=O) groups is 1. The highest BCUT2D eigenvalue weighted by Gasteiger charge is 2.33. The maximum atomic E-state index is 12.3. The van der Waals surface area contributed by atoms with Crippen LogP contribution in [0.4, 0.5) is 0 Å². The molecule has 0 spiro atoms. The molecule has 0 bridgehead atoms.